The van der Waals surface area contributed by atoms with E-state index in [4.69, 9.17) is 0 Å². The van der Waals surface area contributed by atoms with Crippen LogP contribution in [0.25, 0.3) is 71.9 Å². The van der Waals surface area contributed by atoms with Crippen LogP contribution < -0.4 is 0 Å². The van der Waals surface area contributed by atoms with Gasteiger partial charge < -0.3 is 9.13 Å². The first-order valence-electron chi connectivity index (χ1n) is 19.5. The Morgan fingerprint density at radius 1 is 0.604 bits per heavy atom. The molecule has 1 unspecified atom stereocenters. The second-order valence-electron chi connectivity index (χ2n) is 13.2. The highest BCUT2D eigenvalue weighted by atomic mass is 15.0. The maximum atomic E-state index is 2.53. The molecule has 0 radical (unpaired) electrons. The van der Waals surface area contributed by atoms with Crippen molar-refractivity contribution in [2.45, 2.75) is 60.4 Å². The van der Waals surface area contributed by atoms with Crippen LogP contribution in [0.3, 0.4) is 0 Å². The van der Waals surface area contributed by atoms with Crippen molar-refractivity contribution in [2.75, 3.05) is 0 Å². The summed E-state index contributed by atoms with van der Waals surface area (Å²) in [5, 5.41) is 6.43. The molecule has 264 valence electrons. The lowest BCUT2D eigenvalue weighted by Crippen LogP contribution is -2.10. The quantitative estimate of drug-likeness (QED) is 0.164. The van der Waals surface area contributed by atoms with Gasteiger partial charge in [-0.2, -0.15) is 0 Å². The van der Waals surface area contributed by atoms with Gasteiger partial charge in [-0.3, -0.25) is 0 Å². The van der Waals surface area contributed by atoms with Crippen LogP contribution in [0.2, 0.25) is 0 Å². The van der Waals surface area contributed by atoms with Crippen molar-refractivity contribution in [3.8, 4) is 16.8 Å². The van der Waals surface area contributed by atoms with Gasteiger partial charge in [0.2, 0.25) is 0 Å². The van der Waals surface area contributed by atoms with Gasteiger partial charge in [-0.15, -0.1) is 0 Å². The third-order valence-electron chi connectivity index (χ3n) is 10.3. The molecule has 0 bridgehead atoms. The second kappa shape index (κ2) is 15.8. The number of hydrogen-bond donors (Lipinski definition) is 0. The minimum Gasteiger partial charge on any atom is -0.333 e. The summed E-state index contributed by atoms with van der Waals surface area (Å²) in [7, 11) is 0. The standard InChI is InChI=1S/C47H38N2.2C2H6/c1-3-4-14-44-32(2)41-11-5-8-15-45(41)48(44)39-26-22-33(23-27-39)35-18-20-38-31-36(19-21-37(38)30-35)34-24-28-40(29-25-34)49-46-16-9-6-12-42(46)43-13-7-10-17-47(43)49;2*1-2/h4-26,28-31,39H,3,27H2,1-2H3;2*1-2H3/b14-4-;;. The van der Waals surface area contributed by atoms with E-state index >= 15 is 0 Å². The Labute approximate surface area is 315 Å². The first kappa shape index (κ1) is 35.5. The number of allylic oxidation sites excluding steroid dienone is 5. The SMILES string of the molecule is CC.CC.CC/C=C\c1c(C)c2ccccc2n1C1C=CC(c2ccc3cc(-c4ccc(-n5c6ccccc6c6ccccc65)cc4)ccc3c2)=CC1. The average Bonchev–Trinajstić information content (AvgIpc) is 3.72. The number of benzene rings is 6. The molecule has 1 aliphatic rings. The lowest BCUT2D eigenvalue weighted by molar-refractivity contribution is 0.625. The van der Waals surface area contributed by atoms with Crippen LogP contribution in [-0.2, 0) is 0 Å². The number of rotatable bonds is 6. The Balaban J connectivity index is 0.00000105. The molecule has 0 aliphatic heterocycles. The smallest absolute Gasteiger partial charge is 0.0560 e. The van der Waals surface area contributed by atoms with Crippen molar-refractivity contribution in [1.82, 2.24) is 9.13 Å². The molecule has 2 aromatic heterocycles. The van der Waals surface area contributed by atoms with E-state index in [9.17, 15) is 0 Å². The van der Waals surface area contributed by atoms with Crippen molar-refractivity contribution >= 4 is 55.1 Å². The number of hydrogen-bond acceptors (Lipinski definition) is 0. The van der Waals surface area contributed by atoms with Crippen molar-refractivity contribution in [2.24, 2.45) is 0 Å². The fraction of sp³-hybridized carbons (Fsp3) is 0.176. The maximum absolute atomic E-state index is 2.53. The van der Waals surface area contributed by atoms with Crippen LogP contribution >= 0.6 is 0 Å². The molecule has 0 saturated heterocycles. The minimum absolute atomic E-state index is 0.295. The highest BCUT2D eigenvalue weighted by Gasteiger charge is 2.20. The van der Waals surface area contributed by atoms with Gasteiger partial charge in [0.1, 0.15) is 0 Å². The van der Waals surface area contributed by atoms with Gasteiger partial charge >= 0.3 is 0 Å². The summed E-state index contributed by atoms with van der Waals surface area (Å²) in [6, 6.07) is 49.2. The maximum Gasteiger partial charge on any atom is 0.0560 e. The lowest BCUT2D eigenvalue weighted by Gasteiger charge is -2.22. The van der Waals surface area contributed by atoms with E-state index < -0.39 is 0 Å². The zero-order chi connectivity index (χ0) is 36.9. The largest absolute Gasteiger partial charge is 0.333 e. The van der Waals surface area contributed by atoms with E-state index in [1.54, 1.807) is 0 Å². The molecular weight excluding hydrogens is 641 g/mol. The van der Waals surface area contributed by atoms with Crippen LogP contribution in [0.15, 0.2) is 158 Å². The molecule has 1 aliphatic carbocycles. The normalized spacial score (nSPS) is 14.0. The van der Waals surface area contributed by atoms with Crippen molar-refractivity contribution < 1.29 is 0 Å². The van der Waals surface area contributed by atoms with Crippen molar-refractivity contribution in [1.29, 1.82) is 0 Å². The number of para-hydroxylation sites is 3. The van der Waals surface area contributed by atoms with E-state index in [0.29, 0.717) is 6.04 Å². The van der Waals surface area contributed by atoms with Crippen LogP contribution in [0, 0.1) is 6.92 Å². The fourth-order valence-corrected chi connectivity index (χ4v) is 7.86. The van der Waals surface area contributed by atoms with Gasteiger partial charge in [0.25, 0.3) is 0 Å². The van der Waals surface area contributed by atoms with E-state index in [2.05, 4.69) is 187 Å². The molecule has 0 amide bonds. The van der Waals surface area contributed by atoms with Gasteiger partial charge in [0, 0.05) is 33.1 Å². The molecule has 2 nitrogen and oxygen atoms in total. The molecule has 0 spiro atoms. The molecule has 8 aromatic rings. The Hall–Kier alpha value is -5.86. The Morgan fingerprint density at radius 2 is 1.15 bits per heavy atom. The summed E-state index contributed by atoms with van der Waals surface area (Å²) in [6.45, 7) is 12.5. The third-order valence-corrected chi connectivity index (χ3v) is 10.3. The first-order valence-corrected chi connectivity index (χ1v) is 19.5. The molecule has 0 N–H and O–H groups in total. The van der Waals surface area contributed by atoms with Crippen molar-refractivity contribution in [3.63, 3.8) is 0 Å². The van der Waals surface area contributed by atoms with E-state index in [-0.39, 0.29) is 0 Å². The van der Waals surface area contributed by atoms with E-state index in [1.165, 1.54) is 82.7 Å². The number of fused-ring (bicyclic) bond motifs is 5. The van der Waals surface area contributed by atoms with E-state index in [1.807, 2.05) is 27.7 Å². The van der Waals surface area contributed by atoms with E-state index in [0.717, 1.165) is 12.8 Å². The summed E-state index contributed by atoms with van der Waals surface area (Å²) in [5.74, 6) is 0. The molecule has 53 heavy (non-hydrogen) atoms. The molecule has 0 fully saturated rings. The molecule has 2 heterocycles. The summed E-state index contributed by atoms with van der Waals surface area (Å²) in [4.78, 5) is 0. The Bertz CT molecular complexity index is 2570. The van der Waals surface area contributed by atoms with Crippen molar-refractivity contribution in [3.05, 3.63) is 175 Å². The van der Waals surface area contributed by atoms with Gasteiger partial charge in [-0.1, -0.05) is 150 Å². The zero-order valence-electron chi connectivity index (χ0n) is 32.0. The molecule has 6 aromatic carbocycles. The third kappa shape index (κ3) is 6.55. The highest BCUT2D eigenvalue weighted by molar-refractivity contribution is 6.09. The van der Waals surface area contributed by atoms with Crippen LogP contribution in [-0.4, -0.2) is 9.13 Å². The topological polar surface area (TPSA) is 9.86 Å². The Kier molecular flexibility index (Phi) is 10.6. The summed E-state index contributed by atoms with van der Waals surface area (Å²) in [6.07, 6.45) is 13.7. The first-order chi connectivity index (χ1) is 26.2. The van der Waals surface area contributed by atoms with Gasteiger partial charge in [-0.05, 0) is 107 Å². The minimum atomic E-state index is 0.295. The lowest BCUT2D eigenvalue weighted by atomic mass is 9.94. The molecule has 2 heteroatoms. The molecule has 1 atom stereocenters. The molecule has 0 saturated carbocycles. The Morgan fingerprint density at radius 3 is 1.75 bits per heavy atom. The predicted molar refractivity (Wildman–Crippen MR) is 233 cm³/mol. The van der Waals surface area contributed by atoms with Gasteiger partial charge in [-0.25, -0.2) is 0 Å². The average molecular weight is 691 g/mol. The molecule has 9 rings (SSSR count). The summed E-state index contributed by atoms with van der Waals surface area (Å²) < 4.78 is 4.90. The summed E-state index contributed by atoms with van der Waals surface area (Å²) in [5.41, 5.74) is 12.6. The van der Waals surface area contributed by atoms with Crippen LogP contribution in [0.4, 0.5) is 0 Å². The number of nitrogens with zero attached hydrogens (tertiary/aromatic N) is 2. The van der Waals surface area contributed by atoms with Crippen LogP contribution in [0.5, 0.6) is 0 Å². The predicted octanol–water partition coefficient (Wildman–Crippen LogP) is 14.9. The zero-order valence-corrected chi connectivity index (χ0v) is 32.0. The second-order valence-corrected chi connectivity index (χ2v) is 13.2. The number of aromatic nitrogens is 2. The monoisotopic (exact) mass is 690 g/mol. The fourth-order valence-electron chi connectivity index (χ4n) is 7.86. The van der Waals surface area contributed by atoms with Crippen LogP contribution in [0.1, 0.15) is 70.3 Å². The van der Waals surface area contributed by atoms with Gasteiger partial charge in [0.15, 0.2) is 0 Å². The van der Waals surface area contributed by atoms with Gasteiger partial charge in [0.05, 0.1) is 17.1 Å². The highest BCUT2D eigenvalue weighted by Crippen LogP contribution is 2.37. The summed E-state index contributed by atoms with van der Waals surface area (Å²) >= 11 is 0. The number of aryl methyl sites for hydroxylation is 1. The molecular formula is C51H50N2.